The number of esters is 1. The third kappa shape index (κ3) is 4.91. The maximum absolute atomic E-state index is 11.4. The highest BCUT2D eigenvalue weighted by atomic mass is 35.5. The van der Waals surface area contributed by atoms with Crippen molar-refractivity contribution < 1.29 is 19.1 Å². The number of carbonyl (C=O) groups is 2. The topological polar surface area (TPSA) is 76.7 Å². The van der Waals surface area contributed by atoms with Crippen LogP contribution in [0.5, 0.6) is 5.75 Å². The highest BCUT2D eigenvalue weighted by Gasteiger charge is 2.31. The maximum Gasteiger partial charge on any atom is 0.323 e. The van der Waals surface area contributed by atoms with Gasteiger partial charge >= 0.3 is 5.97 Å². The Morgan fingerprint density at radius 2 is 2.14 bits per heavy atom. The molecule has 1 aliphatic heterocycles. The van der Waals surface area contributed by atoms with Gasteiger partial charge in [-0.2, -0.15) is 0 Å². The molecule has 0 aliphatic carbocycles. The molecule has 116 valence electrons. The summed E-state index contributed by atoms with van der Waals surface area (Å²) in [5.41, 5.74) is 0.686. The molecule has 0 aromatic heterocycles. The van der Waals surface area contributed by atoms with Crippen molar-refractivity contribution in [2.75, 3.05) is 19.0 Å². The normalized spacial score (nSPS) is 20.3. The summed E-state index contributed by atoms with van der Waals surface area (Å²) >= 11 is 0. The van der Waals surface area contributed by atoms with Gasteiger partial charge in [0.15, 0.2) is 0 Å². The van der Waals surface area contributed by atoms with Crippen LogP contribution in [-0.4, -0.2) is 37.7 Å². The second-order valence-electron chi connectivity index (χ2n) is 4.67. The Kier molecular flexibility index (Phi) is 6.45. The number of rotatable bonds is 4. The Bertz CT molecular complexity index is 510. The van der Waals surface area contributed by atoms with E-state index >= 15 is 0 Å². The molecule has 1 aromatic rings. The SMILES string of the molecule is COC(=O)C1CC(Oc2cccc(NC(C)=O)c2)CN1.Cl. The number of anilines is 1. The minimum Gasteiger partial charge on any atom is -0.489 e. The zero-order chi connectivity index (χ0) is 14.5. The Morgan fingerprint density at radius 3 is 2.81 bits per heavy atom. The van der Waals surface area contributed by atoms with E-state index < -0.39 is 0 Å². The number of benzene rings is 1. The van der Waals surface area contributed by atoms with Crippen LogP contribution in [-0.2, 0) is 14.3 Å². The predicted molar refractivity (Wildman–Crippen MR) is 80.8 cm³/mol. The van der Waals surface area contributed by atoms with Crippen LogP contribution in [0.2, 0.25) is 0 Å². The van der Waals surface area contributed by atoms with Crippen LogP contribution in [0, 0.1) is 0 Å². The average Bonchev–Trinajstić information content (AvgIpc) is 2.86. The lowest BCUT2D eigenvalue weighted by Gasteiger charge is -2.13. The lowest BCUT2D eigenvalue weighted by Crippen LogP contribution is -2.31. The molecule has 1 aromatic carbocycles. The van der Waals surface area contributed by atoms with Crippen molar-refractivity contribution >= 4 is 30.0 Å². The number of methoxy groups -OCH3 is 1. The molecule has 1 amide bonds. The summed E-state index contributed by atoms with van der Waals surface area (Å²) in [6.07, 6.45) is 0.475. The van der Waals surface area contributed by atoms with Crippen LogP contribution in [0.4, 0.5) is 5.69 Å². The molecule has 2 rings (SSSR count). The van der Waals surface area contributed by atoms with E-state index in [1.165, 1.54) is 14.0 Å². The number of hydrogen-bond acceptors (Lipinski definition) is 5. The minimum atomic E-state index is -0.316. The van der Waals surface area contributed by atoms with Crippen LogP contribution in [0.1, 0.15) is 13.3 Å². The third-order valence-electron chi connectivity index (χ3n) is 3.03. The maximum atomic E-state index is 11.4. The van der Waals surface area contributed by atoms with Crippen LogP contribution in [0.15, 0.2) is 24.3 Å². The molecule has 0 spiro atoms. The molecule has 2 unspecified atom stereocenters. The number of amides is 1. The van der Waals surface area contributed by atoms with Crippen molar-refractivity contribution in [3.05, 3.63) is 24.3 Å². The van der Waals surface area contributed by atoms with Gasteiger partial charge in [0.05, 0.1) is 7.11 Å². The van der Waals surface area contributed by atoms with E-state index in [-0.39, 0.29) is 36.4 Å². The van der Waals surface area contributed by atoms with Gasteiger partial charge < -0.3 is 20.1 Å². The summed E-state index contributed by atoms with van der Waals surface area (Å²) in [4.78, 5) is 22.4. The summed E-state index contributed by atoms with van der Waals surface area (Å²) < 4.78 is 10.5. The number of nitrogens with one attached hydrogen (secondary N) is 2. The fraction of sp³-hybridized carbons (Fsp3) is 0.429. The van der Waals surface area contributed by atoms with Gasteiger partial charge in [-0.05, 0) is 12.1 Å². The molecule has 2 atom stereocenters. The van der Waals surface area contributed by atoms with Crippen molar-refractivity contribution in [3.8, 4) is 5.75 Å². The van der Waals surface area contributed by atoms with Crippen molar-refractivity contribution in [1.29, 1.82) is 0 Å². The van der Waals surface area contributed by atoms with E-state index in [1.807, 2.05) is 6.07 Å². The van der Waals surface area contributed by atoms with Gasteiger partial charge in [-0.15, -0.1) is 12.4 Å². The van der Waals surface area contributed by atoms with Gasteiger partial charge in [-0.1, -0.05) is 6.07 Å². The van der Waals surface area contributed by atoms with E-state index in [2.05, 4.69) is 10.6 Å². The first-order valence-corrected chi connectivity index (χ1v) is 6.44. The fourth-order valence-corrected chi connectivity index (χ4v) is 2.16. The van der Waals surface area contributed by atoms with E-state index in [0.29, 0.717) is 24.4 Å². The van der Waals surface area contributed by atoms with Gasteiger partial charge in [-0.3, -0.25) is 9.59 Å². The standard InChI is InChI=1S/C14H18N2O4.ClH/c1-9(17)16-10-4-3-5-11(6-10)20-12-7-13(15-8-12)14(18)19-2;/h3-6,12-13,15H,7-8H2,1-2H3,(H,16,17);1H. The molecular formula is C14H19ClN2O4. The smallest absolute Gasteiger partial charge is 0.323 e. The van der Waals surface area contributed by atoms with Crippen molar-refractivity contribution in [1.82, 2.24) is 5.32 Å². The van der Waals surface area contributed by atoms with Gasteiger partial charge in [0, 0.05) is 31.6 Å². The van der Waals surface area contributed by atoms with Crippen LogP contribution >= 0.6 is 12.4 Å². The Balaban J connectivity index is 0.00000220. The molecule has 0 radical (unpaired) electrons. The van der Waals surface area contributed by atoms with E-state index in [4.69, 9.17) is 9.47 Å². The molecule has 1 fully saturated rings. The number of ether oxygens (including phenoxy) is 2. The predicted octanol–water partition coefficient (Wildman–Crippen LogP) is 1.35. The molecule has 7 heteroatoms. The second kappa shape index (κ2) is 7.85. The monoisotopic (exact) mass is 314 g/mol. The minimum absolute atomic E-state index is 0. The summed E-state index contributed by atoms with van der Waals surface area (Å²) in [6.45, 7) is 2.04. The van der Waals surface area contributed by atoms with Gasteiger partial charge in [0.1, 0.15) is 17.9 Å². The quantitative estimate of drug-likeness (QED) is 0.820. The molecule has 1 heterocycles. The summed E-state index contributed by atoms with van der Waals surface area (Å²) in [7, 11) is 1.37. The van der Waals surface area contributed by atoms with Crippen molar-refractivity contribution in [3.63, 3.8) is 0 Å². The van der Waals surface area contributed by atoms with E-state index in [0.717, 1.165) is 0 Å². The number of hydrogen-bond donors (Lipinski definition) is 2. The molecule has 2 N–H and O–H groups in total. The van der Waals surface area contributed by atoms with E-state index in [1.54, 1.807) is 18.2 Å². The first-order valence-electron chi connectivity index (χ1n) is 6.44. The largest absolute Gasteiger partial charge is 0.489 e. The average molecular weight is 315 g/mol. The Hall–Kier alpha value is -1.79. The third-order valence-corrected chi connectivity index (χ3v) is 3.03. The molecule has 21 heavy (non-hydrogen) atoms. The summed E-state index contributed by atoms with van der Waals surface area (Å²) in [5.74, 6) is 0.257. The molecule has 0 bridgehead atoms. The van der Waals surface area contributed by atoms with E-state index in [9.17, 15) is 9.59 Å². The van der Waals surface area contributed by atoms with Gasteiger partial charge in [0.2, 0.25) is 5.91 Å². The van der Waals surface area contributed by atoms with Crippen LogP contribution in [0.25, 0.3) is 0 Å². The fourth-order valence-electron chi connectivity index (χ4n) is 2.16. The zero-order valence-electron chi connectivity index (χ0n) is 11.9. The molecule has 1 aliphatic rings. The summed E-state index contributed by atoms with van der Waals surface area (Å²) in [6, 6.07) is 6.85. The zero-order valence-corrected chi connectivity index (χ0v) is 12.7. The molecule has 6 nitrogen and oxygen atoms in total. The second-order valence-corrected chi connectivity index (χ2v) is 4.67. The Morgan fingerprint density at radius 1 is 1.38 bits per heavy atom. The number of halogens is 1. The number of carbonyl (C=O) groups excluding carboxylic acids is 2. The van der Waals surface area contributed by atoms with Crippen LogP contribution in [0.3, 0.4) is 0 Å². The Labute approximate surface area is 129 Å². The van der Waals surface area contributed by atoms with Gasteiger partial charge in [0.25, 0.3) is 0 Å². The van der Waals surface area contributed by atoms with Crippen LogP contribution < -0.4 is 15.4 Å². The highest BCUT2D eigenvalue weighted by Crippen LogP contribution is 2.21. The molecule has 1 saturated heterocycles. The molecule has 0 saturated carbocycles. The first kappa shape index (κ1) is 17.3. The highest BCUT2D eigenvalue weighted by molar-refractivity contribution is 5.88. The summed E-state index contributed by atoms with van der Waals surface area (Å²) in [5, 5.41) is 5.75. The lowest BCUT2D eigenvalue weighted by molar-refractivity contribution is -0.142. The first-order chi connectivity index (χ1) is 9.58. The molecular weight excluding hydrogens is 296 g/mol. The van der Waals surface area contributed by atoms with Crippen molar-refractivity contribution in [2.24, 2.45) is 0 Å². The lowest BCUT2D eigenvalue weighted by atomic mass is 10.2. The van der Waals surface area contributed by atoms with Gasteiger partial charge in [-0.25, -0.2) is 0 Å². The van der Waals surface area contributed by atoms with Crippen molar-refractivity contribution in [2.45, 2.75) is 25.5 Å².